The molecule has 6 heteroatoms. The van der Waals surface area contributed by atoms with Crippen LogP contribution in [0.4, 0.5) is 0 Å². The van der Waals surface area contributed by atoms with E-state index < -0.39 is 0 Å². The molecule has 100 valence electrons. The van der Waals surface area contributed by atoms with Gasteiger partial charge in [-0.25, -0.2) is 0 Å². The largest absolute Gasteiger partial charge is 0.378 e. The standard InChI is InChI=1S/C13H13BrN2O3/c14-9-1-2-10-11(15-19-12(10)7-9)8-13(17)16-3-5-18-6-4-16/h1-2,7H,3-6,8H2. The number of aromatic nitrogens is 1. The van der Waals surface area contributed by atoms with Crippen molar-refractivity contribution in [2.24, 2.45) is 0 Å². The van der Waals surface area contributed by atoms with Gasteiger partial charge in [0, 0.05) is 22.9 Å². The maximum absolute atomic E-state index is 12.2. The van der Waals surface area contributed by atoms with Gasteiger partial charge in [-0.1, -0.05) is 21.1 Å². The summed E-state index contributed by atoms with van der Waals surface area (Å²) in [6, 6.07) is 5.69. The van der Waals surface area contributed by atoms with E-state index in [0.717, 1.165) is 9.86 Å². The quantitative estimate of drug-likeness (QED) is 0.847. The van der Waals surface area contributed by atoms with E-state index in [0.29, 0.717) is 37.6 Å². The molecule has 0 saturated carbocycles. The normalized spacial score (nSPS) is 15.9. The lowest BCUT2D eigenvalue weighted by Crippen LogP contribution is -2.41. The summed E-state index contributed by atoms with van der Waals surface area (Å²) in [5, 5.41) is 4.89. The van der Waals surface area contributed by atoms with Crippen molar-refractivity contribution in [2.75, 3.05) is 26.3 Å². The maximum atomic E-state index is 12.2. The molecule has 0 atom stereocenters. The minimum absolute atomic E-state index is 0.0708. The highest BCUT2D eigenvalue weighted by Gasteiger charge is 2.19. The van der Waals surface area contributed by atoms with E-state index in [1.807, 2.05) is 23.1 Å². The molecule has 19 heavy (non-hydrogen) atoms. The average Bonchev–Trinajstić information content (AvgIpc) is 2.82. The van der Waals surface area contributed by atoms with Crippen molar-refractivity contribution in [3.05, 3.63) is 28.4 Å². The molecule has 1 aliphatic heterocycles. The number of rotatable bonds is 2. The third-order valence-corrected chi connectivity index (χ3v) is 3.68. The minimum atomic E-state index is 0.0708. The number of fused-ring (bicyclic) bond motifs is 1. The Bertz CT molecular complexity index is 605. The Labute approximate surface area is 118 Å². The van der Waals surface area contributed by atoms with Crippen molar-refractivity contribution in [2.45, 2.75) is 6.42 Å². The molecule has 1 aromatic heterocycles. The van der Waals surface area contributed by atoms with Gasteiger partial charge in [0.25, 0.3) is 0 Å². The first kappa shape index (κ1) is 12.6. The van der Waals surface area contributed by atoms with Crippen molar-refractivity contribution in [1.29, 1.82) is 0 Å². The van der Waals surface area contributed by atoms with Crippen molar-refractivity contribution in [3.63, 3.8) is 0 Å². The summed E-state index contributed by atoms with van der Waals surface area (Å²) in [6.45, 7) is 2.52. The highest BCUT2D eigenvalue weighted by molar-refractivity contribution is 9.10. The van der Waals surface area contributed by atoms with Crippen LogP contribution >= 0.6 is 15.9 Å². The smallest absolute Gasteiger partial charge is 0.228 e. The predicted octanol–water partition coefficient (Wildman–Crippen LogP) is 1.99. The fourth-order valence-corrected chi connectivity index (χ4v) is 2.50. The van der Waals surface area contributed by atoms with Gasteiger partial charge in [0.15, 0.2) is 5.58 Å². The second-order valence-corrected chi connectivity index (χ2v) is 5.36. The molecular formula is C13H13BrN2O3. The third kappa shape index (κ3) is 2.64. The summed E-state index contributed by atoms with van der Waals surface area (Å²) in [7, 11) is 0. The second kappa shape index (κ2) is 5.30. The fraction of sp³-hybridized carbons (Fsp3) is 0.385. The Morgan fingerprint density at radius 3 is 2.95 bits per heavy atom. The topological polar surface area (TPSA) is 55.6 Å². The van der Waals surface area contributed by atoms with Gasteiger partial charge in [-0.15, -0.1) is 0 Å². The number of hydrogen-bond donors (Lipinski definition) is 0. The number of hydrogen-bond acceptors (Lipinski definition) is 4. The molecular weight excluding hydrogens is 312 g/mol. The van der Waals surface area contributed by atoms with Crippen molar-refractivity contribution >= 4 is 32.8 Å². The summed E-state index contributed by atoms with van der Waals surface area (Å²) in [6.07, 6.45) is 0.272. The van der Waals surface area contributed by atoms with Crippen LogP contribution in [0.25, 0.3) is 11.0 Å². The number of nitrogens with zero attached hydrogens (tertiary/aromatic N) is 2. The number of benzene rings is 1. The SMILES string of the molecule is O=C(Cc1noc2cc(Br)ccc12)N1CCOCC1. The zero-order chi connectivity index (χ0) is 13.2. The first-order chi connectivity index (χ1) is 9.24. The number of ether oxygens (including phenoxy) is 1. The minimum Gasteiger partial charge on any atom is -0.378 e. The van der Waals surface area contributed by atoms with E-state index in [4.69, 9.17) is 9.26 Å². The molecule has 3 rings (SSSR count). The molecule has 0 aliphatic carbocycles. The predicted molar refractivity (Wildman–Crippen MR) is 72.8 cm³/mol. The van der Waals surface area contributed by atoms with Crippen LogP contribution in [0.3, 0.4) is 0 Å². The molecule has 1 amide bonds. The molecule has 1 aromatic carbocycles. The Hall–Kier alpha value is -1.40. The molecule has 1 saturated heterocycles. The Morgan fingerprint density at radius 1 is 1.37 bits per heavy atom. The van der Waals surface area contributed by atoms with Crippen LogP contribution in [0.5, 0.6) is 0 Å². The van der Waals surface area contributed by atoms with Crippen molar-refractivity contribution in [3.8, 4) is 0 Å². The number of morpholine rings is 1. The van der Waals surface area contributed by atoms with Crippen LogP contribution in [-0.2, 0) is 16.0 Å². The zero-order valence-corrected chi connectivity index (χ0v) is 11.9. The Kier molecular flexibility index (Phi) is 3.52. The van der Waals surface area contributed by atoms with Crippen LogP contribution in [0.1, 0.15) is 5.69 Å². The maximum Gasteiger partial charge on any atom is 0.228 e. The summed E-state index contributed by atoms with van der Waals surface area (Å²) in [4.78, 5) is 14.0. The fourth-order valence-electron chi connectivity index (χ4n) is 2.16. The van der Waals surface area contributed by atoms with Crippen molar-refractivity contribution < 1.29 is 14.1 Å². The van der Waals surface area contributed by atoms with Gasteiger partial charge in [0.05, 0.1) is 19.6 Å². The van der Waals surface area contributed by atoms with Gasteiger partial charge in [0.2, 0.25) is 5.91 Å². The molecule has 0 N–H and O–H groups in total. The van der Waals surface area contributed by atoms with E-state index in [1.165, 1.54) is 0 Å². The Morgan fingerprint density at radius 2 is 2.16 bits per heavy atom. The second-order valence-electron chi connectivity index (χ2n) is 4.44. The molecule has 0 radical (unpaired) electrons. The van der Waals surface area contributed by atoms with Crippen LogP contribution in [-0.4, -0.2) is 42.3 Å². The molecule has 1 fully saturated rings. The molecule has 0 unspecified atom stereocenters. The first-order valence-corrected chi connectivity index (χ1v) is 6.92. The number of amides is 1. The van der Waals surface area contributed by atoms with Gasteiger partial charge in [-0.2, -0.15) is 0 Å². The molecule has 2 heterocycles. The van der Waals surface area contributed by atoms with Crippen LogP contribution in [0.2, 0.25) is 0 Å². The molecule has 1 aliphatic rings. The van der Waals surface area contributed by atoms with Crippen LogP contribution in [0, 0.1) is 0 Å². The van der Waals surface area contributed by atoms with E-state index in [-0.39, 0.29) is 12.3 Å². The van der Waals surface area contributed by atoms with Gasteiger partial charge in [-0.05, 0) is 18.2 Å². The van der Waals surface area contributed by atoms with Gasteiger partial charge in [0.1, 0.15) is 5.69 Å². The number of halogens is 1. The molecule has 2 aromatic rings. The highest BCUT2D eigenvalue weighted by Crippen LogP contribution is 2.23. The van der Waals surface area contributed by atoms with E-state index in [9.17, 15) is 4.79 Å². The summed E-state index contributed by atoms with van der Waals surface area (Å²) >= 11 is 3.38. The van der Waals surface area contributed by atoms with E-state index >= 15 is 0 Å². The summed E-state index contributed by atoms with van der Waals surface area (Å²) in [5.74, 6) is 0.0708. The van der Waals surface area contributed by atoms with E-state index in [1.54, 1.807) is 0 Å². The Balaban J connectivity index is 1.79. The lowest BCUT2D eigenvalue weighted by atomic mass is 10.1. The number of carbonyl (C=O) groups is 1. The summed E-state index contributed by atoms with van der Waals surface area (Å²) < 4.78 is 11.4. The first-order valence-electron chi connectivity index (χ1n) is 6.13. The highest BCUT2D eigenvalue weighted by atomic mass is 79.9. The monoisotopic (exact) mass is 324 g/mol. The van der Waals surface area contributed by atoms with Gasteiger partial charge < -0.3 is 14.2 Å². The van der Waals surface area contributed by atoms with Crippen LogP contribution in [0.15, 0.2) is 27.2 Å². The van der Waals surface area contributed by atoms with Gasteiger partial charge in [-0.3, -0.25) is 4.79 Å². The molecule has 5 nitrogen and oxygen atoms in total. The lowest BCUT2D eigenvalue weighted by molar-refractivity contribution is -0.134. The summed E-state index contributed by atoms with van der Waals surface area (Å²) in [5.41, 5.74) is 1.39. The molecule has 0 spiro atoms. The van der Waals surface area contributed by atoms with E-state index in [2.05, 4.69) is 21.1 Å². The van der Waals surface area contributed by atoms with Gasteiger partial charge >= 0.3 is 0 Å². The molecule has 0 bridgehead atoms. The number of carbonyl (C=O) groups excluding carboxylic acids is 1. The zero-order valence-electron chi connectivity index (χ0n) is 10.3. The van der Waals surface area contributed by atoms with Crippen LogP contribution < -0.4 is 0 Å². The third-order valence-electron chi connectivity index (χ3n) is 3.19. The average molecular weight is 325 g/mol. The lowest BCUT2D eigenvalue weighted by Gasteiger charge is -2.26. The van der Waals surface area contributed by atoms with Crippen molar-refractivity contribution in [1.82, 2.24) is 10.1 Å².